The van der Waals surface area contributed by atoms with E-state index in [4.69, 9.17) is 23.2 Å². The summed E-state index contributed by atoms with van der Waals surface area (Å²) in [6.45, 7) is 0. The maximum absolute atomic E-state index is 12.1. The van der Waals surface area contributed by atoms with Crippen molar-refractivity contribution in [2.45, 2.75) is 4.34 Å². The Hall–Kier alpha value is -1.05. The van der Waals surface area contributed by atoms with E-state index < -0.39 is 0 Å². The summed E-state index contributed by atoms with van der Waals surface area (Å²) in [4.78, 5) is 16.6. The second-order valence-electron chi connectivity index (χ2n) is 4.97. The standard InChI is InChI=1S/C17H11BrCl2N2OS2/c18-10-2-1-3-12(6-10)21-16(23)9-25-17-22-15(8-24-17)13-5-4-11(19)7-14(13)20/h1-8H,9H2,(H,21,23). The number of anilines is 1. The molecule has 0 atom stereocenters. The molecule has 3 aromatic rings. The summed E-state index contributed by atoms with van der Waals surface area (Å²) < 4.78 is 1.73. The van der Waals surface area contributed by atoms with Crippen LogP contribution in [0.15, 0.2) is 56.7 Å². The van der Waals surface area contributed by atoms with E-state index in [-0.39, 0.29) is 11.7 Å². The van der Waals surface area contributed by atoms with E-state index in [0.717, 1.165) is 25.8 Å². The Labute approximate surface area is 171 Å². The molecule has 3 nitrogen and oxygen atoms in total. The summed E-state index contributed by atoms with van der Waals surface area (Å²) in [5.41, 5.74) is 2.36. The highest BCUT2D eigenvalue weighted by Gasteiger charge is 2.11. The third-order valence-corrected chi connectivity index (χ3v) is 6.19. The van der Waals surface area contributed by atoms with Gasteiger partial charge in [-0.3, -0.25) is 4.79 Å². The maximum atomic E-state index is 12.1. The number of benzene rings is 2. The number of hydrogen-bond donors (Lipinski definition) is 1. The molecule has 25 heavy (non-hydrogen) atoms. The van der Waals surface area contributed by atoms with Crippen LogP contribution < -0.4 is 5.32 Å². The molecule has 3 rings (SSSR count). The number of amides is 1. The molecule has 0 unspecified atom stereocenters. The third-order valence-electron chi connectivity index (χ3n) is 3.13. The Kier molecular flexibility index (Phi) is 6.41. The first-order valence-electron chi connectivity index (χ1n) is 7.10. The summed E-state index contributed by atoms with van der Waals surface area (Å²) in [5, 5.41) is 5.92. The number of halogens is 3. The Bertz CT molecular complexity index is 917. The van der Waals surface area contributed by atoms with Crippen molar-refractivity contribution < 1.29 is 4.79 Å². The second-order valence-corrected chi connectivity index (χ2v) is 8.81. The van der Waals surface area contributed by atoms with Gasteiger partial charge < -0.3 is 5.32 Å². The number of carbonyl (C=O) groups excluding carboxylic acids is 1. The zero-order chi connectivity index (χ0) is 17.8. The van der Waals surface area contributed by atoms with E-state index in [0.29, 0.717) is 10.0 Å². The molecule has 0 aliphatic carbocycles. The van der Waals surface area contributed by atoms with Gasteiger partial charge in [-0.05, 0) is 36.4 Å². The Morgan fingerprint density at radius 1 is 1.24 bits per heavy atom. The van der Waals surface area contributed by atoms with Crippen molar-refractivity contribution in [1.82, 2.24) is 4.98 Å². The molecule has 1 N–H and O–H groups in total. The number of rotatable bonds is 5. The van der Waals surface area contributed by atoms with E-state index in [9.17, 15) is 4.79 Å². The van der Waals surface area contributed by atoms with Crippen LogP contribution in [0.5, 0.6) is 0 Å². The van der Waals surface area contributed by atoms with Gasteiger partial charge in [0.15, 0.2) is 4.34 Å². The van der Waals surface area contributed by atoms with Crippen molar-refractivity contribution in [1.29, 1.82) is 0 Å². The minimum absolute atomic E-state index is 0.0793. The van der Waals surface area contributed by atoms with Gasteiger partial charge in [0.1, 0.15) is 0 Å². The van der Waals surface area contributed by atoms with Gasteiger partial charge in [0.2, 0.25) is 5.91 Å². The van der Waals surface area contributed by atoms with Gasteiger partial charge >= 0.3 is 0 Å². The van der Waals surface area contributed by atoms with Crippen LogP contribution in [0, 0.1) is 0 Å². The first-order valence-corrected chi connectivity index (χ1v) is 10.5. The lowest BCUT2D eigenvalue weighted by molar-refractivity contribution is -0.113. The summed E-state index contributed by atoms with van der Waals surface area (Å²) in [6, 6.07) is 12.8. The lowest BCUT2D eigenvalue weighted by Gasteiger charge is -2.04. The smallest absolute Gasteiger partial charge is 0.234 e. The Morgan fingerprint density at radius 2 is 2.08 bits per heavy atom. The zero-order valence-corrected chi connectivity index (χ0v) is 17.4. The van der Waals surface area contributed by atoms with Crippen LogP contribution in [0.25, 0.3) is 11.3 Å². The van der Waals surface area contributed by atoms with Crippen LogP contribution in [0.2, 0.25) is 10.0 Å². The predicted molar refractivity (Wildman–Crippen MR) is 111 cm³/mol. The molecule has 1 amide bonds. The van der Waals surface area contributed by atoms with E-state index in [1.165, 1.54) is 23.1 Å². The predicted octanol–water partition coefficient (Wildman–Crippen LogP) is 6.61. The Balaban J connectivity index is 1.61. The molecule has 1 heterocycles. The van der Waals surface area contributed by atoms with Crippen LogP contribution in [0.3, 0.4) is 0 Å². The van der Waals surface area contributed by atoms with Gasteiger partial charge in [-0.15, -0.1) is 11.3 Å². The average Bonchev–Trinajstić information content (AvgIpc) is 3.01. The average molecular weight is 474 g/mol. The summed E-state index contributed by atoms with van der Waals surface area (Å²) in [5.74, 6) is 0.206. The molecular formula is C17H11BrCl2N2OS2. The van der Waals surface area contributed by atoms with Crippen molar-refractivity contribution >= 4 is 73.8 Å². The molecule has 0 aliphatic rings. The topological polar surface area (TPSA) is 42.0 Å². The summed E-state index contributed by atoms with van der Waals surface area (Å²) >= 11 is 18.4. The van der Waals surface area contributed by atoms with E-state index in [1.807, 2.05) is 35.7 Å². The zero-order valence-electron chi connectivity index (χ0n) is 12.6. The molecule has 0 bridgehead atoms. The van der Waals surface area contributed by atoms with Gasteiger partial charge in [-0.25, -0.2) is 4.98 Å². The van der Waals surface area contributed by atoms with Crippen molar-refractivity contribution in [3.63, 3.8) is 0 Å². The fourth-order valence-electron chi connectivity index (χ4n) is 2.04. The molecule has 0 saturated heterocycles. The number of thiazole rings is 1. The van der Waals surface area contributed by atoms with E-state index in [1.54, 1.807) is 12.1 Å². The molecule has 1 aromatic heterocycles. The SMILES string of the molecule is O=C(CSc1nc(-c2ccc(Cl)cc2Cl)cs1)Nc1cccc(Br)c1. The van der Waals surface area contributed by atoms with Crippen LogP contribution in [0.4, 0.5) is 5.69 Å². The van der Waals surface area contributed by atoms with Gasteiger partial charge in [0.25, 0.3) is 0 Å². The number of thioether (sulfide) groups is 1. The Morgan fingerprint density at radius 3 is 2.84 bits per heavy atom. The molecule has 0 saturated carbocycles. The van der Waals surface area contributed by atoms with Crippen molar-refractivity contribution in [3.05, 3.63) is 62.4 Å². The molecule has 0 spiro atoms. The van der Waals surface area contributed by atoms with Crippen molar-refractivity contribution in [2.75, 3.05) is 11.1 Å². The quantitative estimate of drug-likeness (QED) is 0.424. The second kappa shape index (κ2) is 8.56. The van der Waals surface area contributed by atoms with Gasteiger partial charge in [-0.1, -0.05) is 57.0 Å². The van der Waals surface area contributed by atoms with Gasteiger partial charge in [-0.2, -0.15) is 0 Å². The van der Waals surface area contributed by atoms with Crippen molar-refractivity contribution in [3.8, 4) is 11.3 Å². The van der Waals surface area contributed by atoms with Crippen LogP contribution in [-0.4, -0.2) is 16.6 Å². The third kappa shape index (κ3) is 5.21. The molecular weight excluding hydrogens is 463 g/mol. The number of carbonyl (C=O) groups is 1. The van der Waals surface area contributed by atoms with Crippen LogP contribution in [0.1, 0.15) is 0 Å². The summed E-state index contributed by atoms with van der Waals surface area (Å²) in [7, 11) is 0. The van der Waals surface area contributed by atoms with E-state index >= 15 is 0 Å². The van der Waals surface area contributed by atoms with E-state index in [2.05, 4.69) is 26.2 Å². The lowest BCUT2D eigenvalue weighted by atomic mass is 10.2. The molecule has 0 aliphatic heterocycles. The first-order chi connectivity index (χ1) is 12.0. The lowest BCUT2D eigenvalue weighted by Crippen LogP contribution is -2.13. The fraction of sp³-hybridized carbons (Fsp3) is 0.0588. The molecule has 0 radical (unpaired) electrons. The van der Waals surface area contributed by atoms with Gasteiger partial charge in [0.05, 0.1) is 16.5 Å². The number of aromatic nitrogens is 1. The van der Waals surface area contributed by atoms with Crippen LogP contribution >= 0.6 is 62.2 Å². The first kappa shape index (κ1) is 18.7. The van der Waals surface area contributed by atoms with Crippen molar-refractivity contribution in [2.24, 2.45) is 0 Å². The summed E-state index contributed by atoms with van der Waals surface area (Å²) in [6.07, 6.45) is 0. The minimum atomic E-state index is -0.0793. The number of nitrogens with zero attached hydrogens (tertiary/aromatic N) is 1. The highest BCUT2D eigenvalue weighted by molar-refractivity contribution is 9.10. The normalized spacial score (nSPS) is 10.7. The highest BCUT2D eigenvalue weighted by Crippen LogP contribution is 2.33. The molecule has 0 fully saturated rings. The maximum Gasteiger partial charge on any atom is 0.234 e. The fourth-order valence-corrected chi connectivity index (χ4v) is 4.57. The van der Waals surface area contributed by atoms with Gasteiger partial charge in [0, 0.05) is 26.1 Å². The largest absolute Gasteiger partial charge is 0.325 e. The number of nitrogens with one attached hydrogen (secondary N) is 1. The minimum Gasteiger partial charge on any atom is -0.325 e. The van der Waals surface area contributed by atoms with Crippen LogP contribution in [-0.2, 0) is 4.79 Å². The molecule has 128 valence electrons. The monoisotopic (exact) mass is 472 g/mol. The molecule has 2 aromatic carbocycles. The number of hydrogen-bond acceptors (Lipinski definition) is 4. The molecule has 8 heteroatoms. The highest BCUT2D eigenvalue weighted by atomic mass is 79.9.